The Morgan fingerprint density at radius 3 is 2.19 bits per heavy atom. The summed E-state index contributed by atoms with van der Waals surface area (Å²) in [5.74, 6) is 0. The van der Waals surface area contributed by atoms with Gasteiger partial charge in [-0.1, -0.05) is 84.1 Å². The highest BCUT2D eigenvalue weighted by atomic mass is 28.3. The fourth-order valence-electron chi connectivity index (χ4n) is 3.96. The standard InChI is InChI=1S/C25H26NSi/c1-19-10-8-9-13-23(19)25-24-15-14-22(18-20(24)16-17-26(25)2)27(3,4)21-11-6-5-7-12-21/h5-18H,1-4H3/q+1. The van der Waals surface area contributed by atoms with Gasteiger partial charge in [0.25, 0.3) is 0 Å². The number of aromatic nitrogens is 1. The highest BCUT2D eigenvalue weighted by molar-refractivity contribution is 7.00. The van der Waals surface area contributed by atoms with Gasteiger partial charge >= 0.3 is 0 Å². The van der Waals surface area contributed by atoms with Crippen LogP contribution in [-0.2, 0) is 7.05 Å². The summed E-state index contributed by atoms with van der Waals surface area (Å²) in [6.45, 7) is 7.07. The second-order valence-corrected chi connectivity index (χ2v) is 12.3. The summed E-state index contributed by atoms with van der Waals surface area (Å²) >= 11 is 0. The van der Waals surface area contributed by atoms with Crippen molar-refractivity contribution in [3.8, 4) is 11.3 Å². The average molecular weight is 369 g/mol. The molecular weight excluding hydrogens is 342 g/mol. The van der Waals surface area contributed by atoms with Gasteiger partial charge in [-0.3, -0.25) is 0 Å². The number of hydrogen-bond acceptors (Lipinski definition) is 0. The number of benzene rings is 3. The quantitative estimate of drug-likeness (QED) is 0.371. The van der Waals surface area contributed by atoms with E-state index in [9.17, 15) is 0 Å². The first-order valence-electron chi connectivity index (χ1n) is 9.53. The Hall–Kier alpha value is -2.71. The largest absolute Gasteiger partial charge is 0.220 e. The maximum absolute atomic E-state index is 2.44. The Morgan fingerprint density at radius 1 is 0.741 bits per heavy atom. The van der Waals surface area contributed by atoms with Crippen LogP contribution in [0.25, 0.3) is 22.0 Å². The summed E-state index contributed by atoms with van der Waals surface area (Å²) in [5, 5.41) is 5.59. The number of nitrogens with zero attached hydrogens (tertiary/aromatic N) is 1. The van der Waals surface area contributed by atoms with Gasteiger partial charge in [-0.2, -0.15) is 0 Å². The summed E-state index contributed by atoms with van der Waals surface area (Å²) in [6, 6.07) is 28.9. The molecule has 0 unspecified atom stereocenters. The molecule has 3 aromatic carbocycles. The third kappa shape index (κ3) is 3.11. The molecule has 0 fully saturated rings. The fourth-order valence-corrected chi connectivity index (χ4v) is 6.33. The number of rotatable bonds is 3. The molecule has 0 radical (unpaired) electrons. The van der Waals surface area contributed by atoms with Gasteiger partial charge in [0.1, 0.15) is 15.1 Å². The Balaban J connectivity index is 1.91. The lowest BCUT2D eigenvalue weighted by Gasteiger charge is -2.24. The fraction of sp³-hybridized carbons (Fsp3) is 0.160. The van der Waals surface area contributed by atoms with E-state index in [0.717, 1.165) is 0 Å². The van der Waals surface area contributed by atoms with Gasteiger partial charge in [0.15, 0.2) is 6.20 Å². The molecule has 0 aliphatic heterocycles. The summed E-state index contributed by atoms with van der Waals surface area (Å²) < 4.78 is 2.24. The lowest BCUT2D eigenvalue weighted by Crippen LogP contribution is -2.52. The van der Waals surface area contributed by atoms with Gasteiger partial charge in [0.2, 0.25) is 5.69 Å². The molecular formula is C25H26NSi+. The highest BCUT2D eigenvalue weighted by Gasteiger charge is 2.26. The second kappa shape index (κ2) is 6.79. The molecule has 2 heteroatoms. The Bertz CT molecular complexity index is 1110. The molecule has 4 rings (SSSR count). The van der Waals surface area contributed by atoms with E-state index in [1.165, 1.54) is 38.0 Å². The predicted molar refractivity (Wildman–Crippen MR) is 118 cm³/mol. The number of aryl methyl sites for hydroxylation is 2. The lowest BCUT2D eigenvalue weighted by atomic mass is 10.00. The minimum Gasteiger partial charge on any atom is -0.200 e. The van der Waals surface area contributed by atoms with E-state index in [-0.39, 0.29) is 0 Å². The first kappa shape index (κ1) is 17.7. The summed E-state index contributed by atoms with van der Waals surface area (Å²) in [4.78, 5) is 0. The molecule has 1 aromatic heterocycles. The van der Waals surface area contributed by atoms with Crippen LogP contribution in [0.1, 0.15) is 5.56 Å². The molecule has 0 aliphatic rings. The molecule has 27 heavy (non-hydrogen) atoms. The SMILES string of the molecule is Cc1ccccc1-c1c2ccc([Si](C)(C)c3ccccc3)cc2cc[n+]1C. The van der Waals surface area contributed by atoms with Crippen molar-refractivity contribution in [2.75, 3.05) is 0 Å². The van der Waals surface area contributed by atoms with E-state index in [0.29, 0.717) is 0 Å². The van der Waals surface area contributed by atoms with Crippen LogP contribution >= 0.6 is 0 Å². The van der Waals surface area contributed by atoms with Crippen molar-refractivity contribution in [1.29, 1.82) is 0 Å². The third-order valence-electron chi connectivity index (χ3n) is 5.75. The first-order valence-corrected chi connectivity index (χ1v) is 12.5. The minimum absolute atomic E-state index is 1.29. The van der Waals surface area contributed by atoms with E-state index < -0.39 is 8.07 Å². The third-order valence-corrected chi connectivity index (χ3v) is 9.29. The molecule has 0 aliphatic carbocycles. The van der Waals surface area contributed by atoms with Gasteiger partial charge in [-0.25, -0.2) is 4.57 Å². The molecule has 1 heterocycles. The molecule has 0 spiro atoms. The van der Waals surface area contributed by atoms with Crippen molar-refractivity contribution in [2.24, 2.45) is 7.05 Å². The molecule has 0 atom stereocenters. The van der Waals surface area contributed by atoms with Crippen LogP contribution in [0.4, 0.5) is 0 Å². The Morgan fingerprint density at radius 2 is 1.44 bits per heavy atom. The normalized spacial score (nSPS) is 11.7. The van der Waals surface area contributed by atoms with Gasteiger partial charge in [-0.15, -0.1) is 0 Å². The van der Waals surface area contributed by atoms with Crippen LogP contribution in [0.2, 0.25) is 13.1 Å². The summed E-state index contributed by atoms with van der Waals surface area (Å²) in [6.07, 6.45) is 2.19. The number of pyridine rings is 1. The van der Waals surface area contributed by atoms with Gasteiger partial charge in [-0.05, 0) is 30.0 Å². The van der Waals surface area contributed by atoms with Crippen molar-refractivity contribution in [1.82, 2.24) is 0 Å². The predicted octanol–water partition coefficient (Wildman–Crippen LogP) is 4.46. The molecule has 134 valence electrons. The van der Waals surface area contributed by atoms with E-state index >= 15 is 0 Å². The van der Waals surface area contributed by atoms with E-state index in [1.54, 1.807) is 0 Å². The van der Waals surface area contributed by atoms with Crippen molar-refractivity contribution in [3.63, 3.8) is 0 Å². The van der Waals surface area contributed by atoms with Gasteiger partial charge < -0.3 is 0 Å². The van der Waals surface area contributed by atoms with E-state index in [1.807, 2.05) is 0 Å². The Kier molecular flexibility index (Phi) is 4.45. The Labute approximate surface area is 162 Å². The lowest BCUT2D eigenvalue weighted by molar-refractivity contribution is -0.659. The van der Waals surface area contributed by atoms with Crippen molar-refractivity contribution in [3.05, 3.63) is 90.6 Å². The van der Waals surface area contributed by atoms with Crippen LogP contribution in [0.3, 0.4) is 0 Å². The average Bonchev–Trinajstić information content (AvgIpc) is 2.69. The zero-order chi connectivity index (χ0) is 19.0. The number of hydrogen-bond donors (Lipinski definition) is 0. The van der Waals surface area contributed by atoms with Crippen molar-refractivity contribution >= 4 is 29.2 Å². The maximum atomic E-state index is 2.44. The van der Waals surface area contributed by atoms with E-state index in [2.05, 4.69) is 117 Å². The maximum Gasteiger partial charge on any atom is 0.220 e. The van der Waals surface area contributed by atoms with Crippen molar-refractivity contribution < 1.29 is 4.57 Å². The molecule has 4 aromatic rings. The second-order valence-electron chi connectivity index (χ2n) is 7.88. The van der Waals surface area contributed by atoms with Crippen LogP contribution in [0.5, 0.6) is 0 Å². The number of fused-ring (bicyclic) bond motifs is 1. The van der Waals surface area contributed by atoms with Gasteiger partial charge in [0.05, 0.1) is 5.39 Å². The van der Waals surface area contributed by atoms with Crippen LogP contribution in [0.15, 0.2) is 85.1 Å². The molecule has 0 bridgehead atoms. The smallest absolute Gasteiger partial charge is 0.200 e. The van der Waals surface area contributed by atoms with Gasteiger partial charge in [0, 0.05) is 11.6 Å². The first-order chi connectivity index (χ1) is 13.0. The van der Waals surface area contributed by atoms with Crippen LogP contribution < -0.4 is 14.9 Å². The molecule has 0 N–H and O–H groups in total. The minimum atomic E-state index is -1.70. The zero-order valence-corrected chi connectivity index (χ0v) is 17.5. The summed E-state index contributed by atoms with van der Waals surface area (Å²) in [7, 11) is 0.436. The molecule has 1 nitrogen and oxygen atoms in total. The topological polar surface area (TPSA) is 3.88 Å². The monoisotopic (exact) mass is 368 g/mol. The zero-order valence-electron chi connectivity index (χ0n) is 16.5. The summed E-state index contributed by atoms with van der Waals surface area (Å²) in [5.41, 5.74) is 3.90. The highest BCUT2D eigenvalue weighted by Crippen LogP contribution is 2.27. The van der Waals surface area contributed by atoms with E-state index in [4.69, 9.17) is 0 Å². The van der Waals surface area contributed by atoms with Crippen molar-refractivity contribution in [2.45, 2.75) is 20.0 Å². The molecule has 0 amide bonds. The molecule has 0 saturated carbocycles. The van der Waals surface area contributed by atoms with Crippen LogP contribution in [-0.4, -0.2) is 8.07 Å². The van der Waals surface area contributed by atoms with Crippen LogP contribution in [0, 0.1) is 6.92 Å². The molecule has 0 saturated heterocycles.